The van der Waals surface area contributed by atoms with Crippen molar-refractivity contribution in [2.24, 2.45) is 0 Å². The van der Waals surface area contributed by atoms with Gasteiger partial charge in [-0.05, 0) is 18.6 Å². The second-order valence-electron chi connectivity index (χ2n) is 4.91. The number of nitrogens with zero attached hydrogens (tertiary/aromatic N) is 1. The van der Waals surface area contributed by atoms with Crippen molar-refractivity contribution in [3.05, 3.63) is 34.9 Å². The van der Waals surface area contributed by atoms with Crippen molar-refractivity contribution in [2.45, 2.75) is 19.4 Å². The van der Waals surface area contributed by atoms with Crippen LogP contribution in [0.5, 0.6) is 0 Å². The van der Waals surface area contributed by atoms with Crippen LogP contribution in [0, 0.1) is 18.6 Å². The fourth-order valence-electron chi connectivity index (χ4n) is 2.27. The molecule has 1 unspecified atom stereocenters. The molecule has 1 aliphatic heterocycles. The minimum atomic E-state index is -1.07. The van der Waals surface area contributed by atoms with Crippen molar-refractivity contribution >= 4 is 11.9 Å². The maximum atomic E-state index is 13.8. The van der Waals surface area contributed by atoms with Crippen LogP contribution in [-0.2, 0) is 9.53 Å². The Balaban J connectivity index is 2.28. The van der Waals surface area contributed by atoms with Crippen LogP contribution in [0.15, 0.2) is 12.1 Å². The van der Waals surface area contributed by atoms with Gasteiger partial charge in [-0.3, -0.25) is 9.59 Å². The first kappa shape index (κ1) is 15.4. The summed E-state index contributed by atoms with van der Waals surface area (Å²) in [6.07, 6.45) is -0.284. The smallest absolute Gasteiger partial charge is 0.305 e. The molecule has 1 amide bonds. The maximum Gasteiger partial charge on any atom is 0.305 e. The second-order valence-corrected chi connectivity index (χ2v) is 4.91. The van der Waals surface area contributed by atoms with E-state index in [1.54, 1.807) is 0 Å². The summed E-state index contributed by atoms with van der Waals surface area (Å²) in [5.41, 5.74) is -0.103. The zero-order valence-electron chi connectivity index (χ0n) is 11.4. The average Bonchev–Trinajstić information content (AvgIpc) is 2.42. The Hall–Kier alpha value is -2.02. The molecule has 5 nitrogen and oxygen atoms in total. The van der Waals surface area contributed by atoms with Gasteiger partial charge in [0, 0.05) is 12.6 Å². The number of hydrogen-bond donors (Lipinski definition) is 1. The minimum absolute atomic E-state index is 0.0832. The first-order chi connectivity index (χ1) is 9.90. The number of amides is 1. The van der Waals surface area contributed by atoms with Gasteiger partial charge in [-0.1, -0.05) is 0 Å². The number of carboxylic acid groups (broad SMARTS) is 1. The molecule has 1 aliphatic rings. The standard InChI is InChI=1S/C14H15F2NO4/c1-8-4-10(12(16)6-11(8)15)14(20)17-2-3-21-7-9(17)5-13(18)19/h4,6,9H,2-3,5,7H2,1H3,(H,18,19). The summed E-state index contributed by atoms with van der Waals surface area (Å²) in [6, 6.07) is 1.14. The van der Waals surface area contributed by atoms with E-state index in [0.717, 1.165) is 6.07 Å². The van der Waals surface area contributed by atoms with Crippen LogP contribution in [0.4, 0.5) is 8.78 Å². The van der Waals surface area contributed by atoms with Crippen LogP contribution >= 0.6 is 0 Å². The highest BCUT2D eigenvalue weighted by molar-refractivity contribution is 5.95. The molecule has 1 heterocycles. The summed E-state index contributed by atoms with van der Waals surface area (Å²) < 4.78 is 32.2. The van der Waals surface area contributed by atoms with Crippen molar-refractivity contribution in [3.8, 4) is 0 Å². The molecule has 114 valence electrons. The third-order valence-electron chi connectivity index (χ3n) is 3.38. The number of ether oxygens (including phenoxy) is 1. The van der Waals surface area contributed by atoms with E-state index in [2.05, 4.69) is 0 Å². The van der Waals surface area contributed by atoms with E-state index in [-0.39, 0.29) is 37.3 Å². The molecular weight excluding hydrogens is 284 g/mol. The van der Waals surface area contributed by atoms with E-state index in [9.17, 15) is 18.4 Å². The van der Waals surface area contributed by atoms with Crippen molar-refractivity contribution in [2.75, 3.05) is 19.8 Å². The molecule has 0 aliphatic carbocycles. The Morgan fingerprint density at radius 2 is 2.10 bits per heavy atom. The Bertz CT molecular complexity index is 576. The van der Waals surface area contributed by atoms with E-state index in [0.29, 0.717) is 6.07 Å². The number of hydrogen-bond acceptors (Lipinski definition) is 3. The predicted octanol–water partition coefficient (Wildman–Crippen LogP) is 1.59. The lowest BCUT2D eigenvalue weighted by molar-refractivity contribution is -0.139. The molecule has 1 aromatic rings. The second kappa shape index (κ2) is 6.17. The molecule has 1 atom stereocenters. The van der Waals surface area contributed by atoms with Gasteiger partial charge in [-0.15, -0.1) is 0 Å². The molecule has 1 aromatic carbocycles. The number of rotatable bonds is 3. The van der Waals surface area contributed by atoms with Gasteiger partial charge in [0.15, 0.2) is 0 Å². The number of aliphatic carboxylic acids is 1. The number of aryl methyl sites for hydroxylation is 1. The van der Waals surface area contributed by atoms with E-state index in [4.69, 9.17) is 9.84 Å². The van der Waals surface area contributed by atoms with Gasteiger partial charge in [0.1, 0.15) is 11.6 Å². The van der Waals surface area contributed by atoms with Gasteiger partial charge >= 0.3 is 5.97 Å². The molecule has 0 spiro atoms. The summed E-state index contributed by atoms with van der Waals surface area (Å²) in [7, 11) is 0. The summed E-state index contributed by atoms with van der Waals surface area (Å²) >= 11 is 0. The third kappa shape index (κ3) is 3.36. The molecule has 0 saturated carbocycles. The van der Waals surface area contributed by atoms with Crippen LogP contribution in [-0.4, -0.2) is 47.7 Å². The van der Waals surface area contributed by atoms with Crippen LogP contribution in [0.25, 0.3) is 0 Å². The Morgan fingerprint density at radius 3 is 2.76 bits per heavy atom. The summed E-state index contributed by atoms with van der Waals surface area (Å²) in [5, 5.41) is 8.85. The molecule has 7 heteroatoms. The van der Waals surface area contributed by atoms with E-state index in [1.165, 1.54) is 11.8 Å². The number of benzene rings is 1. The summed E-state index contributed by atoms with van der Waals surface area (Å²) in [4.78, 5) is 24.5. The van der Waals surface area contributed by atoms with Crippen molar-refractivity contribution in [1.82, 2.24) is 4.90 Å². The highest BCUT2D eigenvalue weighted by Gasteiger charge is 2.31. The highest BCUT2D eigenvalue weighted by Crippen LogP contribution is 2.20. The number of carboxylic acids is 1. The minimum Gasteiger partial charge on any atom is -0.481 e. The highest BCUT2D eigenvalue weighted by atomic mass is 19.1. The van der Waals surface area contributed by atoms with Gasteiger partial charge in [0.2, 0.25) is 0 Å². The number of morpholine rings is 1. The largest absolute Gasteiger partial charge is 0.481 e. The molecule has 1 saturated heterocycles. The van der Waals surface area contributed by atoms with E-state index < -0.39 is 29.6 Å². The Morgan fingerprint density at radius 1 is 1.38 bits per heavy atom. The van der Waals surface area contributed by atoms with Crippen molar-refractivity contribution in [1.29, 1.82) is 0 Å². The molecule has 0 bridgehead atoms. The lowest BCUT2D eigenvalue weighted by Crippen LogP contribution is -2.49. The van der Waals surface area contributed by atoms with Gasteiger partial charge in [0.05, 0.1) is 31.2 Å². The molecule has 2 rings (SSSR count). The fourth-order valence-corrected chi connectivity index (χ4v) is 2.27. The number of carbonyl (C=O) groups excluding carboxylic acids is 1. The monoisotopic (exact) mass is 299 g/mol. The lowest BCUT2D eigenvalue weighted by Gasteiger charge is -2.35. The number of carbonyl (C=O) groups is 2. The predicted molar refractivity (Wildman–Crippen MR) is 69.0 cm³/mol. The zero-order valence-corrected chi connectivity index (χ0v) is 11.4. The topological polar surface area (TPSA) is 66.8 Å². The lowest BCUT2D eigenvalue weighted by atomic mass is 10.1. The first-order valence-corrected chi connectivity index (χ1v) is 6.46. The summed E-state index contributed by atoms with van der Waals surface area (Å²) in [6.45, 7) is 1.94. The first-order valence-electron chi connectivity index (χ1n) is 6.46. The SMILES string of the molecule is Cc1cc(C(=O)N2CCOCC2CC(=O)O)c(F)cc1F. The number of halogens is 2. The van der Waals surface area contributed by atoms with Crippen molar-refractivity contribution < 1.29 is 28.2 Å². The average molecular weight is 299 g/mol. The van der Waals surface area contributed by atoms with Crippen LogP contribution in [0.2, 0.25) is 0 Å². The Labute approximate surface area is 120 Å². The zero-order chi connectivity index (χ0) is 15.6. The molecule has 0 aromatic heterocycles. The van der Waals surface area contributed by atoms with Crippen LogP contribution in [0.1, 0.15) is 22.3 Å². The van der Waals surface area contributed by atoms with Crippen LogP contribution < -0.4 is 0 Å². The van der Waals surface area contributed by atoms with Gasteiger partial charge < -0.3 is 14.7 Å². The van der Waals surface area contributed by atoms with E-state index in [1.807, 2.05) is 0 Å². The molecule has 21 heavy (non-hydrogen) atoms. The Kier molecular flexibility index (Phi) is 4.52. The van der Waals surface area contributed by atoms with E-state index >= 15 is 0 Å². The quantitative estimate of drug-likeness (QED) is 0.920. The van der Waals surface area contributed by atoms with Gasteiger partial charge in [0.25, 0.3) is 5.91 Å². The van der Waals surface area contributed by atoms with Crippen molar-refractivity contribution in [3.63, 3.8) is 0 Å². The maximum absolute atomic E-state index is 13.8. The molecule has 1 N–H and O–H groups in total. The molecule has 0 radical (unpaired) electrons. The summed E-state index contributed by atoms with van der Waals surface area (Å²) in [5.74, 6) is -3.40. The van der Waals surface area contributed by atoms with Gasteiger partial charge in [-0.2, -0.15) is 0 Å². The van der Waals surface area contributed by atoms with Crippen LogP contribution in [0.3, 0.4) is 0 Å². The normalized spacial score (nSPS) is 18.6. The third-order valence-corrected chi connectivity index (χ3v) is 3.38. The molecular formula is C14H15F2NO4. The van der Waals surface area contributed by atoms with Gasteiger partial charge in [-0.25, -0.2) is 8.78 Å². The molecule has 1 fully saturated rings. The fraction of sp³-hybridized carbons (Fsp3) is 0.429.